The lowest BCUT2D eigenvalue weighted by Gasteiger charge is -1.98. The quantitative estimate of drug-likeness (QED) is 0.720. The van der Waals surface area contributed by atoms with Crippen LogP contribution in [-0.2, 0) is 13.0 Å². The second-order valence-electron chi connectivity index (χ2n) is 4.38. The lowest BCUT2D eigenvalue weighted by molar-refractivity contribution is 0.364. The number of H-pyrrole nitrogens is 1. The van der Waals surface area contributed by atoms with Crippen molar-refractivity contribution in [1.82, 2.24) is 24.7 Å². The monoisotopic (exact) mass is 285 g/mol. The van der Waals surface area contributed by atoms with Crippen LogP contribution in [0.2, 0.25) is 0 Å². The number of hydrogen-bond acceptors (Lipinski definition) is 6. The minimum Gasteiger partial charge on any atom is -0.337 e. The van der Waals surface area contributed by atoms with Gasteiger partial charge >= 0.3 is 5.69 Å². The van der Waals surface area contributed by atoms with Crippen molar-refractivity contribution >= 4 is 0 Å². The number of nitrogens with one attached hydrogen (secondary N) is 1. The van der Waals surface area contributed by atoms with Crippen molar-refractivity contribution in [2.24, 2.45) is 0 Å². The lowest BCUT2D eigenvalue weighted by Crippen LogP contribution is -2.28. The molecular weight excluding hydrogens is 274 g/mol. The molecule has 0 aliphatic heterocycles. The Balaban J connectivity index is 1.76. The van der Waals surface area contributed by atoms with Crippen LogP contribution in [0.25, 0.3) is 0 Å². The predicted octanol–water partition coefficient (Wildman–Crippen LogP) is -0.0463. The third-order valence-corrected chi connectivity index (χ3v) is 2.80. The zero-order valence-corrected chi connectivity index (χ0v) is 10.9. The summed E-state index contributed by atoms with van der Waals surface area (Å²) in [6, 6.07) is 5.00. The number of aromatic amines is 1. The molecule has 0 radical (unpaired) electrons. The predicted molar refractivity (Wildman–Crippen MR) is 71.8 cm³/mol. The Morgan fingerprint density at radius 3 is 2.95 bits per heavy atom. The SMILES string of the molecule is O=c1ccn(Cc2nc(Cc3cccnc3)no2)c(=O)[nH]1. The first-order valence-electron chi connectivity index (χ1n) is 6.21. The van der Waals surface area contributed by atoms with Crippen LogP contribution in [0, 0.1) is 0 Å². The van der Waals surface area contributed by atoms with Gasteiger partial charge in [-0.05, 0) is 11.6 Å². The third kappa shape index (κ3) is 3.11. The first-order chi connectivity index (χ1) is 10.2. The summed E-state index contributed by atoms with van der Waals surface area (Å²) < 4.78 is 6.37. The molecule has 0 unspecified atom stereocenters. The first kappa shape index (κ1) is 13.0. The van der Waals surface area contributed by atoms with Gasteiger partial charge in [0.1, 0.15) is 6.54 Å². The second kappa shape index (κ2) is 5.53. The van der Waals surface area contributed by atoms with Gasteiger partial charge in [-0.3, -0.25) is 19.3 Å². The van der Waals surface area contributed by atoms with E-state index in [1.807, 2.05) is 12.1 Å². The van der Waals surface area contributed by atoms with Crippen molar-refractivity contribution in [2.75, 3.05) is 0 Å². The van der Waals surface area contributed by atoms with Gasteiger partial charge in [-0.2, -0.15) is 4.98 Å². The second-order valence-corrected chi connectivity index (χ2v) is 4.38. The standard InChI is InChI=1S/C13H11N5O3/c19-11-3-5-18(13(20)16-11)8-12-15-10(17-21-12)6-9-2-1-4-14-7-9/h1-5,7H,6,8H2,(H,16,19,20). The molecule has 0 aromatic carbocycles. The van der Waals surface area contributed by atoms with Gasteiger partial charge in [0.15, 0.2) is 5.82 Å². The van der Waals surface area contributed by atoms with Crippen molar-refractivity contribution in [3.05, 3.63) is 74.9 Å². The zero-order valence-electron chi connectivity index (χ0n) is 10.9. The van der Waals surface area contributed by atoms with E-state index in [0.29, 0.717) is 18.1 Å². The lowest BCUT2D eigenvalue weighted by atomic mass is 10.2. The normalized spacial score (nSPS) is 10.7. The van der Waals surface area contributed by atoms with Gasteiger partial charge in [0, 0.05) is 31.1 Å². The summed E-state index contributed by atoms with van der Waals surface area (Å²) in [4.78, 5) is 32.9. The molecule has 3 aromatic rings. The number of rotatable bonds is 4. The summed E-state index contributed by atoms with van der Waals surface area (Å²) in [5.74, 6) is 0.804. The van der Waals surface area contributed by atoms with Crippen LogP contribution in [0.5, 0.6) is 0 Å². The third-order valence-electron chi connectivity index (χ3n) is 2.80. The smallest absolute Gasteiger partial charge is 0.328 e. The molecule has 0 aliphatic rings. The molecule has 0 bridgehead atoms. The van der Waals surface area contributed by atoms with Crippen LogP contribution in [0.15, 0.2) is 50.9 Å². The molecular formula is C13H11N5O3. The summed E-state index contributed by atoms with van der Waals surface area (Å²) in [6.45, 7) is 0.107. The van der Waals surface area contributed by atoms with E-state index >= 15 is 0 Å². The summed E-state index contributed by atoms with van der Waals surface area (Å²) in [5.41, 5.74) is -0.000358. The van der Waals surface area contributed by atoms with Crippen LogP contribution in [0.1, 0.15) is 17.3 Å². The van der Waals surface area contributed by atoms with Crippen LogP contribution >= 0.6 is 0 Å². The van der Waals surface area contributed by atoms with Crippen molar-refractivity contribution in [1.29, 1.82) is 0 Å². The maximum Gasteiger partial charge on any atom is 0.328 e. The van der Waals surface area contributed by atoms with Gasteiger partial charge in [-0.15, -0.1) is 0 Å². The summed E-state index contributed by atoms with van der Waals surface area (Å²) in [7, 11) is 0. The molecule has 3 rings (SSSR count). The highest BCUT2D eigenvalue weighted by Crippen LogP contribution is 2.05. The van der Waals surface area contributed by atoms with Gasteiger partial charge in [-0.1, -0.05) is 11.2 Å². The Hall–Kier alpha value is -3.03. The van der Waals surface area contributed by atoms with Crippen molar-refractivity contribution in [2.45, 2.75) is 13.0 Å². The van der Waals surface area contributed by atoms with Gasteiger partial charge in [0.05, 0.1) is 0 Å². The Bertz CT molecular complexity index is 850. The van der Waals surface area contributed by atoms with Crippen LogP contribution in [-0.4, -0.2) is 24.7 Å². The maximum absolute atomic E-state index is 11.6. The van der Waals surface area contributed by atoms with Gasteiger partial charge in [0.2, 0.25) is 5.89 Å². The van der Waals surface area contributed by atoms with E-state index in [9.17, 15) is 9.59 Å². The fourth-order valence-electron chi connectivity index (χ4n) is 1.83. The largest absolute Gasteiger partial charge is 0.337 e. The van der Waals surface area contributed by atoms with Crippen LogP contribution in [0.4, 0.5) is 0 Å². The highest BCUT2D eigenvalue weighted by molar-refractivity contribution is 5.13. The van der Waals surface area contributed by atoms with E-state index < -0.39 is 11.2 Å². The molecule has 0 atom stereocenters. The molecule has 0 amide bonds. The molecule has 8 nitrogen and oxygen atoms in total. The van der Waals surface area contributed by atoms with E-state index in [2.05, 4.69) is 20.1 Å². The molecule has 0 saturated heterocycles. The van der Waals surface area contributed by atoms with Gasteiger partial charge in [0.25, 0.3) is 5.56 Å². The molecule has 1 N–H and O–H groups in total. The topological polar surface area (TPSA) is 107 Å². The summed E-state index contributed by atoms with van der Waals surface area (Å²) >= 11 is 0. The zero-order chi connectivity index (χ0) is 14.7. The molecule has 0 saturated carbocycles. The Labute approximate surface area is 118 Å². The van der Waals surface area contributed by atoms with E-state index in [-0.39, 0.29) is 6.54 Å². The Morgan fingerprint density at radius 2 is 2.19 bits per heavy atom. The average Bonchev–Trinajstić information content (AvgIpc) is 2.90. The summed E-state index contributed by atoms with van der Waals surface area (Å²) in [6.07, 6.45) is 5.29. The van der Waals surface area contributed by atoms with Crippen molar-refractivity contribution in [3.8, 4) is 0 Å². The molecule has 21 heavy (non-hydrogen) atoms. The van der Waals surface area contributed by atoms with Crippen molar-refractivity contribution < 1.29 is 4.52 Å². The molecule has 106 valence electrons. The summed E-state index contributed by atoms with van der Waals surface area (Å²) in [5, 5.41) is 3.85. The van der Waals surface area contributed by atoms with Gasteiger partial charge < -0.3 is 4.52 Å². The number of aromatic nitrogens is 5. The van der Waals surface area contributed by atoms with Gasteiger partial charge in [-0.25, -0.2) is 4.79 Å². The molecule has 8 heteroatoms. The Kier molecular flexibility index (Phi) is 3.42. The van der Waals surface area contributed by atoms with Crippen LogP contribution < -0.4 is 11.2 Å². The minimum atomic E-state index is -0.519. The first-order valence-corrected chi connectivity index (χ1v) is 6.21. The minimum absolute atomic E-state index is 0.107. The number of hydrogen-bond donors (Lipinski definition) is 1. The van der Waals surface area contributed by atoms with E-state index in [1.165, 1.54) is 16.8 Å². The Morgan fingerprint density at radius 1 is 1.29 bits per heavy atom. The van der Waals surface area contributed by atoms with E-state index in [0.717, 1.165) is 5.56 Å². The maximum atomic E-state index is 11.6. The van der Waals surface area contributed by atoms with Crippen LogP contribution in [0.3, 0.4) is 0 Å². The average molecular weight is 285 g/mol. The molecule has 3 aromatic heterocycles. The molecule has 3 heterocycles. The highest BCUT2D eigenvalue weighted by atomic mass is 16.5. The number of pyridine rings is 1. The molecule has 0 fully saturated rings. The number of nitrogens with zero attached hydrogens (tertiary/aromatic N) is 4. The molecule has 0 aliphatic carbocycles. The van der Waals surface area contributed by atoms with Crippen molar-refractivity contribution in [3.63, 3.8) is 0 Å². The fourth-order valence-corrected chi connectivity index (χ4v) is 1.83. The fraction of sp³-hybridized carbons (Fsp3) is 0.154. The molecule has 0 spiro atoms. The van der Waals surface area contributed by atoms with E-state index in [1.54, 1.807) is 12.4 Å². The highest BCUT2D eigenvalue weighted by Gasteiger charge is 2.08. The van der Waals surface area contributed by atoms with E-state index in [4.69, 9.17) is 4.52 Å².